The van der Waals surface area contributed by atoms with E-state index >= 15 is 0 Å². The van der Waals surface area contributed by atoms with E-state index < -0.39 is 6.09 Å². The molecule has 0 atom stereocenters. The smallest absolute Gasteiger partial charge is 0.412 e. The molecule has 0 aliphatic carbocycles. The lowest BCUT2D eigenvalue weighted by atomic mass is 10.2. The summed E-state index contributed by atoms with van der Waals surface area (Å²) < 4.78 is 6.02. The molecule has 10 nitrogen and oxygen atoms in total. The van der Waals surface area contributed by atoms with Gasteiger partial charge in [-0.15, -0.1) is 5.10 Å². The van der Waals surface area contributed by atoms with Crippen LogP contribution in [0.2, 0.25) is 0 Å². The summed E-state index contributed by atoms with van der Waals surface area (Å²) in [6.07, 6.45) is 0.702. The van der Waals surface area contributed by atoms with Gasteiger partial charge in [0.1, 0.15) is 6.54 Å². The fourth-order valence-corrected chi connectivity index (χ4v) is 2.10. The van der Waals surface area contributed by atoms with E-state index in [2.05, 4.69) is 20.6 Å². The van der Waals surface area contributed by atoms with Crippen LogP contribution < -0.4 is 11.1 Å². The highest BCUT2D eigenvalue weighted by molar-refractivity contribution is 5.83. The number of carbonyl (C=O) groups excluding carboxylic acids is 2. The molecule has 0 fully saturated rings. The molecule has 0 spiro atoms. The summed E-state index contributed by atoms with van der Waals surface area (Å²) in [4.78, 5) is 24.7. The van der Waals surface area contributed by atoms with Crippen LogP contribution >= 0.6 is 0 Å². The van der Waals surface area contributed by atoms with Gasteiger partial charge in [0.25, 0.3) is 5.91 Å². The van der Waals surface area contributed by atoms with E-state index in [1.807, 2.05) is 0 Å². The number of hydrogen-bond donors (Lipinski definition) is 2. The Morgan fingerprint density at radius 2 is 2.09 bits per heavy atom. The van der Waals surface area contributed by atoms with E-state index in [9.17, 15) is 9.59 Å². The second kappa shape index (κ2) is 7.01. The van der Waals surface area contributed by atoms with Gasteiger partial charge in [0.15, 0.2) is 5.82 Å². The quantitative estimate of drug-likeness (QED) is 0.818. The number of anilines is 1. The van der Waals surface area contributed by atoms with Gasteiger partial charge >= 0.3 is 6.09 Å². The first-order valence-corrected chi connectivity index (χ1v) is 7.08. The average Bonchev–Trinajstić information content (AvgIpc) is 3.03. The van der Waals surface area contributed by atoms with E-state index in [1.54, 1.807) is 20.8 Å². The Morgan fingerprint density at radius 3 is 2.70 bits per heavy atom. The summed E-state index contributed by atoms with van der Waals surface area (Å²) in [5, 5.41) is 14.5. The first kappa shape index (κ1) is 16.6. The Hall–Kier alpha value is -2.75. The maximum atomic E-state index is 12.3. The molecular formula is C13H19N7O3. The molecule has 0 unspecified atom stereocenters. The van der Waals surface area contributed by atoms with Gasteiger partial charge in [-0.25, -0.2) is 9.48 Å². The molecule has 124 valence electrons. The fourth-order valence-electron chi connectivity index (χ4n) is 2.10. The Labute approximate surface area is 132 Å². The minimum atomic E-state index is -0.628. The van der Waals surface area contributed by atoms with E-state index in [0.29, 0.717) is 12.2 Å². The van der Waals surface area contributed by atoms with Crippen molar-refractivity contribution in [2.24, 2.45) is 5.73 Å². The van der Waals surface area contributed by atoms with Gasteiger partial charge in [-0.2, -0.15) is 15.0 Å². The van der Waals surface area contributed by atoms with Crippen molar-refractivity contribution >= 4 is 17.8 Å². The monoisotopic (exact) mass is 321 g/mol. The van der Waals surface area contributed by atoms with Crippen molar-refractivity contribution in [3.8, 4) is 0 Å². The maximum Gasteiger partial charge on any atom is 0.412 e. The van der Waals surface area contributed by atoms with Gasteiger partial charge in [0.2, 0.25) is 0 Å². The van der Waals surface area contributed by atoms with Crippen LogP contribution in [0, 0.1) is 13.8 Å². The zero-order valence-corrected chi connectivity index (χ0v) is 13.2. The van der Waals surface area contributed by atoms with Gasteiger partial charge in [0.05, 0.1) is 18.5 Å². The summed E-state index contributed by atoms with van der Waals surface area (Å²) in [7, 11) is 0. The van der Waals surface area contributed by atoms with Crippen molar-refractivity contribution in [1.29, 1.82) is 0 Å². The standard InChI is InChI=1S/C13H19N7O3/c1-4-23-13(22)16-11-6-15-19(18-11)7-12(21)20-9(3)10(5-14)8(2)17-20/h6H,4-5,7,14H2,1-3H3,(H,16,18,22). The number of aromatic nitrogens is 5. The van der Waals surface area contributed by atoms with E-state index in [0.717, 1.165) is 11.3 Å². The lowest BCUT2D eigenvalue weighted by Gasteiger charge is -2.03. The molecule has 2 heterocycles. The van der Waals surface area contributed by atoms with Gasteiger partial charge in [-0.3, -0.25) is 10.1 Å². The molecule has 10 heteroatoms. The number of nitrogens with one attached hydrogen (secondary N) is 1. The van der Waals surface area contributed by atoms with Crippen LogP contribution in [0.15, 0.2) is 6.20 Å². The van der Waals surface area contributed by atoms with Crippen LogP contribution in [0.1, 0.15) is 28.7 Å². The molecule has 0 aliphatic heterocycles. The van der Waals surface area contributed by atoms with Crippen molar-refractivity contribution in [1.82, 2.24) is 24.8 Å². The number of nitrogens with two attached hydrogens (primary N) is 1. The summed E-state index contributed by atoms with van der Waals surface area (Å²) >= 11 is 0. The van der Waals surface area contributed by atoms with Crippen LogP contribution in [0.3, 0.4) is 0 Å². The molecular weight excluding hydrogens is 302 g/mol. The Morgan fingerprint density at radius 1 is 1.35 bits per heavy atom. The Balaban J connectivity index is 2.06. The van der Waals surface area contributed by atoms with Crippen LogP contribution in [-0.2, 0) is 17.8 Å². The topological polar surface area (TPSA) is 130 Å². The minimum Gasteiger partial charge on any atom is -0.450 e. The molecule has 2 aromatic heterocycles. The largest absolute Gasteiger partial charge is 0.450 e. The second-order valence-corrected chi connectivity index (χ2v) is 4.76. The molecule has 1 amide bonds. The van der Waals surface area contributed by atoms with Crippen LogP contribution in [-0.4, -0.2) is 43.4 Å². The molecule has 2 aromatic rings. The summed E-state index contributed by atoms with van der Waals surface area (Å²) in [5.74, 6) is -0.101. The van der Waals surface area contributed by atoms with Gasteiger partial charge in [-0.05, 0) is 20.8 Å². The highest BCUT2D eigenvalue weighted by Gasteiger charge is 2.17. The number of rotatable bonds is 5. The van der Waals surface area contributed by atoms with Crippen molar-refractivity contribution in [3.05, 3.63) is 23.1 Å². The minimum absolute atomic E-state index is 0.115. The molecule has 0 saturated heterocycles. The van der Waals surface area contributed by atoms with E-state index in [4.69, 9.17) is 10.5 Å². The average molecular weight is 321 g/mol. The zero-order valence-electron chi connectivity index (χ0n) is 13.2. The number of carbonyl (C=O) groups is 2. The van der Waals surface area contributed by atoms with E-state index in [1.165, 1.54) is 15.7 Å². The zero-order chi connectivity index (χ0) is 17.0. The molecule has 2 rings (SSSR count). The normalized spacial score (nSPS) is 10.6. The molecule has 0 saturated carbocycles. The third-order valence-electron chi connectivity index (χ3n) is 3.20. The van der Waals surface area contributed by atoms with Crippen LogP contribution in [0.5, 0.6) is 0 Å². The third-order valence-corrected chi connectivity index (χ3v) is 3.20. The lowest BCUT2D eigenvalue weighted by molar-refractivity contribution is 0.0861. The Kier molecular flexibility index (Phi) is 5.06. The fraction of sp³-hybridized carbons (Fsp3) is 0.462. The predicted molar refractivity (Wildman–Crippen MR) is 80.9 cm³/mol. The molecule has 0 radical (unpaired) electrons. The first-order valence-electron chi connectivity index (χ1n) is 7.08. The molecule has 0 aliphatic rings. The third kappa shape index (κ3) is 3.72. The maximum absolute atomic E-state index is 12.3. The highest BCUT2D eigenvalue weighted by Crippen LogP contribution is 2.12. The number of aryl methyl sites for hydroxylation is 1. The number of amides is 1. The second-order valence-electron chi connectivity index (χ2n) is 4.76. The Bertz CT molecular complexity index is 719. The number of ether oxygens (including phenoxy) is 1. The summed E-state index contributed by atoms with van der Waals surface area (Å²) in [5.41, 5.74) is 7.91. The van der Waals surface area contributed by atoms with Crippen molar-refractivity contribution in [3.63, 3.8) is 0 Å². The van der Waals surface area contributed by atoms with Crippen molar-refractivity contribution in [2.75, 3.05) is 11.9 Å². The lowest BCUT2D eigenvalue weighted by Crippen LogP contribution is -2.22. The van der Waals surface area contributed by atoms with E-state index in [-0.39, 0.29) is 24.9 Å². The van der Waals surface area contributed by atoms with Crippen LogP contribution in [0.25, 0.3) is 0 Å². The SMILES string of the molecule is CCOC(=O)Nc1cnn(CC(=O)n2nc(C)c(CN)c2C)n1. The highest BCUT2D eigenvalue weighted by atomic mass is 16.5. The van der Waals surface area contributed by atoms with Crippen molar-refractivity contribution in [2.45, 2.75) is 33.9 Å². The predicted octanol–water partition coefficient (Wildman–Crippen LogP) is 0.459. The van der Waals surface area contributed by atoms with Gasteiger partial charge in [-0.1, -0.05) is 0 Å². The van der Waals surface area contributed by atoms with Gasteiger partial charge < -0.3 is 10.5 Å². The molecule has 0 bridgehead atoms. The van der Waals surface area contributed by atoms with Crippen molar-refractivity contribution < 1.29 is 14.3 Å². The first-order chi connectivity index (χ1) is 11.0. The molecule has 0 aromatic carbocycles. The molecule has 3 N–H and O–H groups in total. The number of nitrogens with zero attached hydrogens (tertiary/aromatic N) is 5. The summed E-state index contributed by atoms with van der Waals surface area (Å²) in [6.45, 7) is 5.73. The molecule has 23 heavy (non-hydrogen) atoms. The van der Waals surface area contributed by atoms with Crippen LogP contribution in [0.4, 0.5) is 10.6 Å². The summed E-state index contributed by atoms with van der Waals surface area (Å²) in [6, 6.07) is 0. The number of hydrogen-bond acceptors (Lipinski definition) is 7. The van der Waals surface area contributed by atoms with Gasteiger partial charge in [0, 0.05) is 17.8 Å².